The number of rotatable bonds is 5. The third-order valence-corrected chi connectivity index (χ3v) is 4.39. The van der Waals surface area contributed by atoms with Crippen LogP contribution in [-0.4, -0.2) is 40.5 Å². The van der Waals surface area contributed by atoms with E-state index in [4.69, 9.17) is 5.11 Å². The van der Waals surface area contributed by atoms with Gasteiger partial charge in [-0.3, -0.25) is 4.79 Å². The van der Waals surface area contributed by atoms with E-state index < -0.39 is 0 Å². The van der Waals surface area contributed by atoms with Crippen LogP contribution < -0.4 is 5.32 Å². The Hall–Kier alpha value is -1.88. The second-order valence-electron chi connectivity index (χ2n) is 6.15. The molecule has 1 fully saturated rings. The number of hydrogen-bond donors (Lipinski definition) is 2. The highest BCUT2D eigenvalue weighted by atomic mass is 16.3. The van der Waals surface area contributed by atoms with E-state index in [2.05, 4.69) is 12.2 Å². The van der Waals surface area contributed by atoms with Gasteiger partial charge in [-0.15, -0.1) is 0 Å². The highest BCUT2D eigenvalue weighted by Gasteiger charge is 2.39. The van der Waals surface area contributed by atoms with Gasteiger partial charge in [-0.05, 0) is 51.7 Å². The quantitative estimate of drug-likeness (QED) is 0.821. The molecule has 1 aromatic rings. The molecule has 1 saturated heterocycles. The van der Waals surface area contributed by atoms with E-state index in [1.54, 1.807) is 24.3 Å². The van der Waals surface area contributed by atoms with Crippen molar-refractivity contribution in [1.29, 1.82) is 0 Å². The van der Waals surface area contributed by atoms with E-state index in [0.29, 0.717) is 17.7 Å². The van der Waals surface area contributed by atoms with Crippen LogP contribution in [0.3, 0.4) is 0 Å². The number of benzene rings is 1. The Kier molecular flexibility index (Phi) is 5.19. The molecule has 0 saturated carbocycles. The molecule has 0 bridgehead atoms. The topological polar surface area (TPSA) is 69.6 Å². The molecule has 0 unspecified atom stereocenters. The van der Waals surface area contributed by atoms with Gasteiger partial charge in [0.1, 0.15) is 0 Å². The number of carbonyl (C=O) groups is 2. The lowest BCUT2D eigenvalue weighted by Crippen LogP contribution is -2.47. The van der Waals surface area contributed by atoms with E-state index in [0.717, 1.165) is 25.8 Å². The monoisotopic (exact) mass is 304 g/mol. The molecular weight excluding hydrogens is 280 g/mol. The van der Waals surface area contributed by atoms with Gasteiger partial charge in [0, 0.05) is 29.9 Å². The van der Waals surface area contributed by atoms with Gasteiger partial charge in [-0.2, -0.15) is 0 Å². The number of likely N-dealkylation sites (tertiary alicyclic amines) is 1. The summed E-state index contributed by atoms with van der Waals surface area (Å²) in [6, 6.07) is 6.84. The average molecular weight is 304 g/mol. The minimum Gasteiger partial charge on any atom is -0.396 e. The first-order valence-electron chi connectivity index (χ1n) is 7.77. The molecule has 1 atom stereocenters. The highest BCUT2D eigenvalue weighted by molar-refractivity contribution is 5.96. The van der Waals surface area contributed by atoms with Crippen LogP contribution in [-0.2, 0) is 0 Å². The van der Waals surface area contributed by atoms with Gasteiger partial charge in [0.25, 0.3) is 0 Å². The average Bonchev–Trinajstić information content (AvgIpc) is 2.87. The SMILES string of the molecule is CC(=O)c1cccc(NC(=O)N2CCC[C@]2(C)CCCO)c1. The summed E-state index contributed by atoms with van der Waals surface area (Å²) in [4.78, 5) is 25.8. The van der Waals surface area contributed by atoms with E-state index in [-0.39, 0.29) is 24.0 Å². The molecule has 2 N–H and O–H groups in total. The Bertz CT molecular complexity index is 559. The molecule has 1 aromatic carbocycles. The highest BCUT2D eigenvalue weighted by Crippen LogP contribution is 2.33. The Morgan fingerprint density at radius 2 is 2.18 bits per heavy atom. The number of nitrogens with zero attached hydrogens (tertiary/aromatic N) is 1. The number of Topliss-reactive ketones (excluding diaryl/α,β-unsaturated/α-hetero) is 1. The van der Waals surface area contributed by atoms with Crippen LogP contribution in [0.15, 0.2) is 24.3 Å². The third kappa shape index (κ3) is 3.65. The van der Waals surface area contributed by atoms with E-state index >= 15 is 0 Å². The molecule has 22 heavy (non-hydrogen) atoms. The van der Waals surface area contributed by atoms with Gasteiger partial charge >= 0.3 is 6.03 Å². The zero-order chi connectivity index (χ0) is 16.2. The summed E-state index contributed by atoms with van der Waals surface area (Å²) in [5, 5.41) is 11.9. The zero-order valence-electron chi connectivity index (χ0n) is 13.3. The van der Waals surface area contributed by atoms with Gasteiger partial charge in [0.2, 0.25) is 0 Å². The number of nitrogens with one attached hydrogen (secondary N) is 1. The third-order valence-electron chi connectivity index (χ3n) is 4.39. The Morgan fingerprint density at radius 3 is 2.86 bits per heavy atom. The fourth-order valence-corrected chi connectivity index (χ4v) is 3.10. The summed E-state index contributed by atoms with van der Waals surface area (Å²) in [5.74, 6) is -0.0231. The van der Waals surface area contributed by atoms with Crippen LogP contribution in [0.1, 0.15) is 49.9 Å². The smallest absolute Gasteiger partial charge is 0.322 e. The predicted octanol–water partition coefficient (Wildman–Crippen LogP) is 3.05. The zero-order valence-corrected chi connectivity index (χ0v) is 13.3. The summed E-state index contributed by atoms with van der Waals surface area (Å²) >= 11 is 0. The summed E-state index contributed by atoms with van der Waals surface area (Å²) < 4.78 is 0. The normalized spacial score (nSPS) is 21.0. The maximum atomic E-state index is 12.5. The van der Waals surface area contributed by atoms with E-state index in [1.165, 1.54) is 6.92 Å². The molecule has 0 aromatic heterocycles. The molecule has 5 nitrogen and oxygen atoms in total. The van der Waals surface area contributed by atoms with Gasteiger partial charge in [-0.1, -0.05) is 12.1 Å². The van der Waals surface area contributed by atoms with Crippen molar-refractivity contribution in [2.75, 3.05) is 18.5 Å². The summed E-state index contributed by atoms with van der Waals surface area (Å²) in [5.41, 5.74) is 1.02. The Balaban J connectivity index is 2.08. The first kappa shape index (κ1) is 16.5. The molecule has 2 rings (SSSR count). The summed E-state index contributed by atoms with van der Waals surface area (Å²) in [6.07, 6.45) is 3.42. The molecule has 2 amide bonds. The molecule has 0 radical (unpaired) electrons. The van der Waals surface area contributed by atoms with Gasteiger partial charge in [-0.25, -0.2) is 4.79 Å². The molecule has 0 aliphatic carbocycles. The van der Waals surface area contributed by atoms with E-state index in [9.17, 15) is 9.59 Å². The lowest BCUT2D eigenvalue weighted by molar-refractivity contribution is 0.101. The molecule has 120 valence electrons. The van der Waals surface area contributed by atoms with Gasteiger partial charge in [0.05, 0.1) is 0 Å². The second-order valence-corrected chi connectivity index (χ2v) is 6.15. The van der Waals surface area contributed by atoms with Crippen molar-refractivity contribution in [3.05, 3.63) is 29.8 Å². The van der Waals surface area contributed by atoms with Crippen molar-refractivity contribution in [2.24, 2.45) is 0 Å². The number of hydrogen-bond acceptors (Lipinski definition) is 3. The lowest BCUT2D eigenvalue weighted by Gasteiger charge is -2.35. The number of urea groups is 1. The number of ketones is 1. The molecule has 1 aliphatic rings. The van der Waals surface area contributed by atoms with E-state index in [1.807, 2.05) is 4.90 Å². The fraction of sp³-hybridized carbons (Fsp3) is 0.529. The van der Waals surface area contributed by atoms with Crippen LogP contribution in [0.4, 0.5) is 10.5 Å². The van der Waals surface area contributed by atoms with Crippen LogP contribution in [0.25, 0.3) is 0 Å². The van der Waals surface area contributed by atoms with Crippen molar-refractivity contribution in [1.82, 2.24) is 4.90 Å². The molecule has 1 heterocycles. The van der Waals surface area contributed by atoms with Gasteiger partial charge in [0.15, 0.2) is 5.78 Å². The molecule has 1 aliphatic heterocycles. The van der Waals surface area contributed by atoms with Crippen LogP contribution in [0.5, 0.6) is 0 Å². The van der Waals surface area contributed by atoms with Gasteiger partial charge < -0.3 is 15.3 Å². The summed E-state index contributed by atoms with van der Waals surface area (Å²) in [6.45, 7) is 4.44. The van der Waals surface area contributed by atoms with Crippen LogP contribution >= 0.6 is 0 Å². The fourth-order valence-electron chi connectivity index (χ4n) is 3.10. The minimum atomic E-state index is -0.203. The Labute approximate surface area is 131 Å². The molecule has 0 spiro atoms. The number of aliphatic hydroxyl groups excluding tert-OH is 1. The molecular formula is C17H24N2O3. The van der Waals surface area contributed by atoms with Crippen molar-refractivity contribution in [3.63, 3.8) is 0 Å². The number of anilines is 1. The predicted molar refractivity (Wildman–Crippen MR) is 86.1 cm³/mol. The van der Waals surface area contributed by atoms with Crippen molar-refractivity contribution >= 4 is 17.5 Å². The standard InChI is InChI=1S/C17H24N2O3/c1-13(21)14-6-3-7-15(12-14)18-16(22)19-10-4-8-17(19,2)9-5-11-20/h3,6-7,12,20H,4-5,8-11H2,1-2H3,(H,18,22)/t17-/m1/s1. The van der Waals surface area contributed by atoms with Crippen LogP contribution in [0.2, 0.25) is 0 Å². The lowest BCUT2D eigenvalue weighted by atomic mass is 9.93. The van der Waals surface area contributed by atoms with Crippen molar-refractivity contribution < 1.29 is 14.7 Å². The number of carbonyl (C=O) groups excluding carboxylic acids is 2. The van der Waals surface area contributed by atoms with Crippen molar-refractivity contribution in [3.8, 4) is 0 Å². The summed E-state index contributed by atoms with van der Waals surface area (Å²) in [7, 11) is 0. The number of amides is 2. The second kappa shape index (κ2) is 6.92. The minimum absolute atomic E-state index is 0.0231. The largest absolute Gasteiger partial charge is 0.396 e. The maximum absolute atomic E-state index is 12.5. The van der Waals surface area contributed by atoms with Crippen molar-refractivity contribution in [2.45, 2.75) is 45.1 Å². The molecule has 5 heteroatoms. The van der Waals surface area contributed by atoms with Crippen LogP contribution in [0, 0.1) is 0 Å². The first-order chi connectivity index (χ1) is 10.5. The first-order valence-corrected chi connectivity index (χ1v) is 7.77. The Morgan fingerprint density at radius 1 is 1.41 bits per heavy atom. The number of aliphatic hydroxyl groups is 1. The maximum Gasteiger partial charge on any atom is 0.322 e.